The van der Waals surface area contributed by atoms with E-state index in [1.54, 1.807) is 13.0 Å². The fourth-order valence-electron chi connectivity index (χ4n) is 2.79. The van der Waals surface area contributed by atoms with Crippen LogP contribution in [-0.2, 0) is 6.42 Å². The van der Waals surface area contributed by atoms with Crippen molar-refractivity contribution in [3.63, 3.8) is 0 Å². The summed E-state index contributed by atoms with van der Waals surface area (Å²) in [6, 6.07) is 9.25. The van der Waals surface area contributed by atoms with Crippen molar-refractivity contribution in [1.29, 1.82) is 0 Å². The van der Waals surface area contributed by atoms with Crippen molar-refractivity contribution in [2.75, 3.05) is 11.1 Å². The van der Waals surface area contributed by atoms with Crippen LogP contribution in [0.2, 0.25) is 0 Å². The van der Waals surface area contributed by atoms with Crippen molar-refractivity contribution >= 4 is 17.2 Å². The molecule has 6 heteroatoms. The maximum Gasteiger partial charge on any atom is 0.290 e. The molecule has 0 fully saturated rings. The van der Waals surface area contributed by atoms with E-state index in [-0.39, 0.29) is 11.7 Å². The minimum absolute atomic E-state index is 0.0418. The Hall–Kier alpha value is -2.63. The number of nitro groups is 1. The summed E-state index contributed by atoms with van der Waals surface area (Å²) in [5, 5.41) is 14.2. The van der Waals surface area contributed by atoms with Crippen LogP contribution < -0.4 is 11.1 Å². The maximum absolute atomic E-state index is 10.8. The highest BCUT2D eigenvalue weighted by Crippen LogP contribution is 2.34. The predicted molar refractivity (Wildman–Crippen MR) is 81.2 cm³/mol. The molecule has 1 aromatic carbocycles. The Morgan fingerprint density at radius 2 is 2.19 bits per heavy atom. The smallest absolute Gasteiger partial charge is 0.290 e. The molecule has 0 saturated heterocycles. The number of anilines is 2. The van der Waals surface area contributed by atoms with Crippen LogP contribution in [0.1, 0.15) is 29.3 Å². The highest BCUT2D eigenvalue weighted by Gasteiger charge is 2.23. The average Bonchev–Trinajstić information content (AvgIpc) is 2.80. The molecule has 2 aromatic rings. The molecule has 0 saturated carbocycles. The van der Waals surface area contributed by atoms with Crippen LogP contribution in [0.4, 0.5) is 17.2 Å². The van der Waals surface area contributed by atoms with Gasteiger partial charge in [-0.3, -0.25) is 10.1 Å². The number of hydrogen-bond donors (Lipinski definition) is 2. The van der Waals surface area contributed by atoms with E-state index in [4.69, 9.17) is 5.73 Å². The third-order valence-electron chi connectivity index (χ3n) is 3.82. The summed E-state index contributed by atoms with van der Waals surface area (Å²) >= 11 is 0. The summed E-state index contributed by atoms with van der Waals surface area (Å²) < 4.78 is 0. The van der Waals surface area contributed by atoms with E-state index >= 15 is 0 Å². The lowest BCUT2D eigenvalue weighted by molar-refractivity contribution is -0.385. The number of benzene rings is 1. The highest BCUT2D eigenvalue weighted by molar-refractivity contribution is 5.52. The molecule has 1 unspecified atom stereocenters. The van der Waals surface area contributed by atoms with Crippen LogP contribution in [0.15, 0.2) is 30.3 Å². The zero-order chi connectivity index (χ0) is 15.0. The summed E-state index contributed by atoms with van der Waals surface area (Å²) in [6.45, 7) is 1.65. The molecule has 0 bridgehead atoms. The van der Waals surface area contributed by atoms with Gasteiger partial charge in [-0.25, -0.2) is 4.98 Å². The molecule has 3 N–H and O–H groups in total. The van der Waals surface area contributed by atoms with E-state index in [1.807, 2.05) is 18.2 Å². The first-order valence-electron chi connectivity index (χ1n) is 6.81. The second-order valence-corrected chi connectivity index (χ2v) is 5.25. The van der Waals surface area contributed by atoms with Crippen molar-refractivity contribution in [2.45, 2.75) is 25.8 Å². The van der Waals surface area contributed by atoms with E-state index in [0.717, 1.165) is 18.5 Å². The van der Waals surface area contributed by atoms with Crippen LogP contribution in [0.5, 0.6) is 0 Å². The van der Waals surface area contributed by atoms with Gasteiger partial charge in [0.05, 0.1) is 11.0 Å². The van der Waals surface area contributed by atoms with Crippen molar-refractivity contribution in [3.05, 3.63) is 57.3 Å². The summed E-state index contributed by atoms with van der Waals surface area (Å²) in [5.41, 5.74) is 9.51. The van der Waals surface area contributed by atoms with Gasteiger partial charge in [-0.1, -0.05) is 6.07 Å². The largest absolute Gasteiger partial charge is 0.399 e. The molecule has 0 spiro atoms. The lowest BCUT2D eigenvalue weighted by Crippen LogP contribution is -2.09. The van der Waals surface area contributed by atoms with Gasteiger partial charge in [0.2, 0.25) is 0 Å². The molecule has 1 aliphatic carbocycles. The third kappa shape index (κ3) is 2.52. The lowest BCUT2D eigenvalue weighted by atomic mass is 10.1. The van der Waals surface area contributed by atoms with Crippen LogP contribution in [-0.4, -0.2) is 9.91 Å². The molecule has 3 rings (SSSR count). The molecule has 0 aliphatic heterocycles. The molecule has 1 aromatic heterocycles. The van der Waals surface area contributed by atoms with E-state index in [0.29, 0.717) is 11.5 Å². The topological polar surface area (TPSA) is 94.1 Å². The standard InChI is InChI=1S/C15H16N4O2/c1-9-14(19(20)21)6-7-15(17-9)18-13-5-2-10-8-11(16)3-4-12(10)13/h3-4,6-8,13H,2,5,16H2,1H3,(H,17,18). The number of nitrogens with one attached hydrogen (secondary N) is 1. The fraction of sp³-hybridized carbons (Fsp3) is 0.267. The first-order valence-corrected chi connectivity index (χ1v) is 6.81. The van der Waals surface area contributed by atoms with Gasteiger partial charge in [-0.15, -0.1) is 0 Å². The molecule has 6 nitrogen and oxygen atoms in total. The Kier molecular flexibility index (Phi) is 3.21. The minimum atomic E-state index is -0.417. The Balaban J connectivity index is 1.83. The molecular weight excluding hydrogens is 268 g/mol. The number of nitrogens with zero attached hydrogens (tertiary/aromatic N) is 2. The van der Waals surface area contributed by atoms with E-state index < -0.39 is 4.92 Å². The Bertz CT molecular complexity index is 715. The summed E-state index contributed by atoms with van der Waals surface area (Å²) in [7, 11) is 0. The average molecular weight is 284 g/mol. The van der Waals surface area contributed by atoms with Crippen molar-refractivity contribution < 1.29 is 4.92 Å². The lowest BCUT2D eigenvalue weighted by Gasteiger charge is -2.15. The van der Waals surface area contributed by atoms with E-state index in [2.05, 4.69) is 10.3 Å². The van der Waals surface area contributed by atoms with Gasteiger partial charge in [0.25, 0.3) is 5.69 Å². The number of hydrogen-bond acceptors (Lipinski definition) is 5. The van der Waals surface area contributed by atoms with Gasteiger partial charge < -0.3 is 11.1 Å². The SMILES string of the molecule is Cc1nc(NC2CCc3cc(N)ccc32)ccc1[N+](=O)[O-]. The number of pyridine rings is 1. The van der Waals surface area contributed by atoms with Gasteiger partial charge >= 0.3 is 0 Å². The second-order valence-electron chi connectivity index (χ2n) is 5.25. The van der Waals surface area contributed by atoms with Gasteiger partial charge in [0, 0.05) is 11.8 Å². The van der Waals surface area contributed by atoms with Crippen molar-refractivity contribution in [1.82, 2.24) is 4.98 Å². The predicted octanol–water partition coefficient (Wildman–Crippen LogP) is 2.98. The van der Waals surface area contributed by atoms with Gasteiger partial charge in [0.15, 0.2) is 0 Å². The normalized spacial score (nSPS) is 16.5. The van der Waals surface area contributed by atoms with Crippen LogP contribution in [0.25, 0.3) is 0 Å². The molecule has 1 atom stereocenters. The van der Waals surface area contributed by atoms with Gasteiger partial charge in [-0.05, 0) is 49.1 Å². The Morgan fingerprint density at radius 3 is 2.90 bits per heavy atom. The number of rotatable bonds is 3. The molecule has 21 heavy (non-hydrogen) atoms. The Labute approximate surface area is 122 Å². The van der Waals surface area contributed by atoms with Crippen molar-refractivity contribution in [2.24, 2.45) is 0 Å². The molecule has 1 heterocycles. The number of aryl methyl sites for hydroxylation is 2. The maximum atomic E-state index is 10.8. The van der Waals surface area contributed by atoms with Gasteiger partial charge in [-0.2, -0.15) is 0 Å². The molecule has 108 valence electrons. The third-order valence-corrected chi connectivity index (χ3v) is 3.82. The zero-order valence-electron chi connectivity index (χ0n) is 11.7. The monoisotopic (exact) mass is 284 g/mol. The molecule has 0 amide bonds. The van der Waals surface area contributed by atoms with E-state index in [1.165, 1.54) is 17.2 Å². The number of fused-ring (bicyclic) bond motifs is 1. The number of nitrogens with two attached hydrogens (primary N) is 1. The molecular formula is C15H16N4O2. The number of aromatic nitrogens is 1. The highest BCUT2D eigenvalue weighted by atomic mass is 16.6. The first-order chi connectivity index (χ1) is 10.0. The summed E-state index contributed by atoms with van der Waals surface area (Å²) in [5.74, 6) is 0.660. The van der Waals surface area contributed by atoms with Crippen molar-refractivity contribution in [3.8, 4) is 0 Å². The molecule has 1 aliphatic rings. The quantitative estimate of drug-likeness (QED) is 0.513. The first kappa shape index (κ1) is 13.4. The van der Waals surface area contributed by atoms with Crippen LogP contribution >= 0.6 is 0 Å². The van der Waals surface area contributed by atoms with Gasteiger partial charge in [0.1, 0.15) is 11.5 Å². The summed E-state index contributed by atoms with van der Waals surface area (Å²) in [4.78, 5) is 14.7. The number of nitrogen functional groups attached to an aromatic ring is 1. The zero-order valence-corrected chi connectivity index (χ0v) is 11.7. The van der Waals surface area contributed by atoms with Crippen LogP contribution in [0, 0.1) is 17.0 Å². The molecule has 0 radical (unpaired) electrons. The Morgan fingerprint density at radius 1 is 1.38 bits per heavy atom. The fourth-order valence-corrected chi connectivity index (χ4v) is 2.79. The minimum Gasteiger partial charge on any atom is -0.399 e. The van der Waals surface area contributed by atoms with E-state index in [9.17, 15) is 10.1 Å². The second kappa shape index (κ2) is 5.05. The van der Waals surface area contributed by atoms with Crippen LogP contribution in [0.3, 0.4) is 0 Å². The summed E-state index contributed by atoms with van der Waals surface area (Å²) in [6.07, 6.45) is 1.94.